The van der Waals surface area contributed by atoms with Crippen LogP contribution in [0.15, 0.2) is 30.6 Å². The number of thiazole rings is 1. The lowest BCUT2D eigenvalue weighted by Crippen LogP contribution is -2.02. The highest BCUT2D eigenvalue weighted by Gasteiger charge is 2.15. The van der Waals surface area contributed by atoms with Crippen molar-refractivity contribution in [3.63, 3.8) is 0 Å². The Morgan fingerprint density at radius 2 is 2.24 bits per heavy atom. The number of hydrogen-bond donors (Lipinski definition) is 0. The van der Waals surface area contributed by atoms with Gasteiger partial charge in [-0.05, 0) is 31.0 Å². The van der Waals surface area contributed by atoms with Crippen molar-refractivity contribution < 1.29 is 9.53 Å². The third-order valence-electron chi connectivity index (χ3n) is 3.79. The fraction of sp³-hybridized carbons (Fsp3) is 0.316. The van der Waals surface area contributed by atoms with Crippen molar-refractivity contribution in [1.29, 1.82) is 5.26 Å². The first kappa shape index (κ1) is 17.2. The van der Waals surface area contributed by atoms with Crippen LogP contribution in [0, 0.1) is 17.2 Å². The van der Waals surface area contributed by atoms with Gasteiger partial charge in [-0.15, -0.1) is 11.3 Å². The van der Waals surface area contributed by atoms with Crippen molar-refractivity contribution in [3.8, 4) is 16.6 Å². The van der Waals surface area contributed by atoms with E-state index in [9.17, 15) is 10.1 Å². The maximum absolute atomic E-state index is 11.8. The van der Waals surface area contributed by atoms with Crippen molar-refractivity contribution in [2.75, 3.05) is 6.61 Å². The third kappa shape index (κ3) is 3.42. The average molecular weight is 353 g/mol. The SMILES string of the molecule is CCOC(=O)c1cnc(-c2ccc3c(c2)c(C#N)cn3CC(C)C)s1. The number of nitriles is 1. The maximum Gasteiger partial charge on any atom is 0.349 e. The standard InChI is InChI=1S/C19H19N3O2S/c1-4-24-19(23)17-9-21-18(25-17)13-5-6-16-15(7-13)14(8-20)11-22(16)10-12(2)3/h5-7,9,11-12H,4,10H2,1-3H3. The van der Waals surface area contributed by atoms with Crippen LogP contribution in [0.5, 0.6) is 0 Å². The lowest BCUT2D eigenvalue weighted by molar-refractivity contribution is 0.0532. The highest BCUT2D eigenvalue weighted by Crippen LogP contribution is 2.31. The molecule has 128 valence electrons. The second kappa shape index (κ2) is 7.08. The minimum atomic E-state index is -0.354. The molecule has 0 aliphatic rings. The Kier molecular flexibility index (Phi) is 4.86. The Labute approximate surface area is 150 Å². The smallest absolute Gasteiger partial charge is 0.349 e. The van der Waals surface area contributed by atoms with Gasteiger partial charge < -0.3 is 9.30 Å². The number of benzene rings is 1. The number of hydrogen-bond acceptors (Lipinski definition) is 5. The average Bonchev–Trinajstić information content (AvgIpc) is 3.19. The number of carbonyl (C=O) groups excluding carboxylic acids is 1. The second-order valence-electron chi connectivity index (χ2n) is 6.18. The highest BCUT2D eigenvalue weighted by atomic mass is 32.1. The Hall–Kier alpha value is -2.65. The fourth-order valence-electron chi connectivity index (χ4n) is 2.77. The van der Waals surface area contributed by atoms with E-state index in [1.807, 2.05) is 24.4 Å². The minimum Gasteiger partial charge on any atom is -0.462 e. The molecule has 0 unspecified atom stereocenters. The van der Waals surface area contributed by atoms with E-state index in [-0.39, 0.29) is 5.97 Å². The van der Waals surface area contributed by atoms with Gasteiger partial charge in [0.1, 0.15) is 16.0 Å². The van der Waals surface area contributed by atoms with Gasteiger partial charge in [-0.1, -0.05) is 13.8 Å². The molecule has 0 spiro atoms. The Balaban J connectivity index is 2.02. The summed E-state index contributed by atoms with van der Waals surface area (Å²) in [6, 6.07) is 8.23. The first-order valence-corrected chi connectivity index (χ1v) is 9.01. The summed E-state index contributed by atoms with van der Waals surface area (Å²) in [5, 5.41) is 11.1. The summed E-state index contributed by atoms with van der Waals surface area (Å²) in [4.78, 5) is 16.6. The number of nitrogens with zero attached hydrogens (tertiary/aromatic N) is 3. The summed E-state index contributed by atoms with van der Waals surface area (Å²) in [6.45, 7) is 7.28. The van der Waals surface area contributed by atoms with Crippen LogP contribution in [-0.4, -0.2) is 22.1 Å². The van der Waals surface area contributed by atoms with Gasteiger partial charge in [0.15, 0.2) is 0 Å². The zero-order chi connectivity index (χ0) is 18.0. The molecule has 0 bridgehead atoms. The molecule has 0 fully saturated rings. The minimum absolute atomic E-state index is 0.340. The van der Waals surface area contributed by atoms with Gasteiger partial charge in [0.05, 0.1) is 18.4 Å². The van der Waals surface area contributed by atoms with Crippen molar-refractivity contribution in [2.45, 2.75) is 27.3 Å². The summed E-state index contributed by atoms with van der Waals surface area (Å²) in [7, 11) is 0. The van der Waals surface area contributed by atoms with Gasteiger partial charge in [0, 0.05) is 29.2 Å². The molecule has 0 radical (unpaired) electrons. The number of ether oxygens (including phenoxy) is 1. The van der Waals surface area contributed by atoms with E-state index in [1.54, 1.807) is 6.92 Å². The highest BCUT2D eigenvalue weighted by molar-refractivity contribution is 7.16. The third-order valence-corrected chi connectivity index (χ3v) is 4.82. The van der Waals surface area contributed by atoms with Gasteiger partial charge in [0.25, 0.3) is 0 Å². The monoisotopic (exact) mass is 353 g/mol. The van der Waals surface area contributed by atoms with Crippen molar-refractivity contribution in [2.24, 2.45) is 5.92 Å². The largest absolute Gasteiger partial charge is 0.462 e. The summed E-state index contributed by atoms with van der Waals surface area (Å²) in [5.74, 6) is 0.140. The van der Waals surface area contributed by atoms with Crippen LogP contribution in [0.4, 0.5) is 0 Å². The molecular weight excluding hydrogens is 334 g/mol. The lowest BCUT2D eigenvalue weighted by Gasteiger charge is -2.08. The van der Waals surface area contributed by atoms with Crippen molar-refractivity contribution in [3.05, 3.63) is 41.0 Å². The maximum atomic E-state index is 11.8. The van der Waals surface area contributed by atoms with Gasteiger partial charge >= 0.3 is 5.97 Å². The molecule has 5 nitrogen and oxygen atoms in total. The van der Waals surface area contributed by atoms with E-state index in [4.69, 9.17) is 4.74 Å². The van der Waals surface area contributed by atoms with Crippen molar-refractivity contribution >= 4 is 28.2 Å². The van der Waals surface area contributed by atoms with Crippen LogP contribution in [-0.2, 0) is 11.3 Å². The topological polar surface area (TPSA) is 67.9 Å². The Morgan fingerprint density at radius 1 is 1.44 bits per heavy atom. The number of esters is 1. The zero-order valence-electron chi connectivity index (χ0n) is 14.4. The summed E-state index contributed by atoms with van der Waals surface area (Å²) in [6.07, 6.45) is 3.44. The van der Waals surface area contributed by atoms with Crippen molar-refractivity contribution in [1.82, 2.24) is 9.55 Å². The number of carbonyl (C=O) groups is 1. The summed E-state index contributed by atoms with van der Waals surface area (Å²) in [5.41, 5.74) is 2.59. The first-order chi connectivity index (χ1) is 12.0. The predicted octanol–water partition coefficient (Wildman–Crippen LogP) is 4.47. The normalized spacial score (nSPS) is 11.0. The van der Waals surface area contributed by atoms with E-state index >= 15 is 0 Å². The lowest BCUT2D eigenvalue weighted by atomic mass is 10.1. The van der Waals surface area contributed by atoms with Crippen LogP contribution in [0.3, 0.4) is 0 Å². The second-order valence-corrected chi connectivity index (χ2v) is 7.21. The molecule has 0 saturated carbocycles. The molecule has 3 aromatic rings. The van der Waals surface area contributed by atoms with E-state index in [2.05, 4.69) is 29.5 Å². The molecule has 3 rings (SSSR count). The molecule has 0 aliphatic heterocycles. The molecule has 0 amide bonds. The van der Waals surface area contributed by atoms with Crippen LogP contribution in [0.2, 0.25) is 0 Å². The molecule has 2 aromatic heterocycles. The molecule has 2 heterocycles. The molecule has 0 saturated heterocycles. The van der Waals surface area contributed by atoms with Gasteiger partial charge in [0.2, 0.25) is 0 Å². The van der Waals surface area contributed by atoms with E-state index in [0.717, 1.165) is 28.0 Å². The quantitative estimate of drug-likeness (QED) is 0.635. The molecule has 1 aromatic carbocycles. The summed E-state index contributed by atoms with van der Waals surface area (Å²) < 4.78 is 7.13. The Morgan fingerprint density at radius 3 is 2.92 bits per heavy atom. The van der Waals surface area contributed by atoms with Crippen LogP contribution in [0.1, 0.15) is 36.0 Å². The molecule has 0 atom stereocenters. The molecule has 6 heteroatoms. The van der Waals surface area contributed by atoms with Crippen LogP contribution in [0.25, 0.3) is 21.5 Å². The molecular formula is C19H19N3O2S. The summed E-state index contributed by atoms with van der Waals surface area (Å²) >= 11 is 1.30. The van der Waals surface area contributed by atoms with Crippen LogP contribution < -0.4 is 0 Å². The zero-order valence-corrected chi connectivity index (χ0v) is 15.3. The number of aromatic nitrogens is 2. The van der Waals surface area contributed by atoms with Crippen LogP contribution >= 0.6 is 11.3 Å². The van der Waals surface area contributed by atoms with E-state index < -0.39 is 0 Å². The van der Waals surface area contributed by atoms with E-state index in [1.165, 1.54) is 17.5 Å². The van der Waals surface area contributed by atoms with Gasteiger partial charge in [-0.3, -0.25) is 0 Å². The fourth-order valence-corrected chi connectivity index (χ4v) is 3.57. The molecule has 0 N–H and O–H groups in total. The molecule has 0 aliphatic carbocycles. The predicted molar refractivity (Wildman–Crippen MR) is 98.6 cm³/mol. The van der Waals surface area contributed by atoms with E-state index in [0.29, 0.717) is 23.0 Å². The van der Waals surface area contributed by atoms with Gasteiger partial charge in [-0.2, -0.15) is 5.26 Å². The number of rotatable bonds is 5. The Bertz CT molecular complexity index is 963. The number of fused-ring (bicyclic) bond motifs is 1. The molecule has 25 heavy (non-hydrogen) atoms. The first-order valence-electron chi connectivity index (χ1n) is 8.19. The van der Waals surface area contributed by atoms with Gasteiger partial charge in [-0.25, -0.2) is 9.78 Å².